The summed E-state index contributed by atoms with van der Waals surface area (Å²) in [4.78, 5) is 11.2. The second-order valence-corrected chi connectivity index (χ2v) is 6.64. The SMILES string of the molecule is Brc1cnn2cc(-c3ccc(OCCN4CCOCC4)cn3)cnc12. The second kappa shape index (κ2) is 7.47. The van der Waals surface area contributed by atoms with Crippen LogP contribution in [0, 0.1) is 0 Å². The molecule has 0 amide bonds. The summed E-state index contributed by atoms with van der Waals surface area (Å²) in [7, 11) is 0. The van der Waals surface area contributed by atoms with E-state index in [2.05, 4.69) is 35.9 Å². The van der Waals surface area contributed by atoms with Crippen LogP contribution in [0.4, 0.5) is 0 Å². The van der Waals surface area contributed by atoms with E-state index in [4.69, 9.17) is 9.47 Å². The van der Waals surface area contributed by atoms with Gasteiger partial charge in [0.1, 0.15) is 12.4 Å². The Morgan fingerprint density at radius 2 is 2.00 bits per heavy atom. The molecule has 4 heterocycles. The number of hydrogen-bond acceptors (Lipinski definition) is 6. The molecule has 0 atom stereocenters. The van der Waals surface area contributed by atoms with Crippen molar-refractivity contribution in [3.63, 3.8) is 0 Å². The second-order valence-electron chi connectivity index (χ2n) is 5.78. The summed E-state index contributed by atoms with van der Waals surface area (Å²) in [5.41, 5.74) is 2.52. The van der Waals surface area contributed by atoms with Crippen molar-refractivity contribution in [3.05, 3.63) is 41.4 Å². The van der Waals surface area contributed by atoms with E-state index >= 15 is 0 Å². The molecule has 3 aromatic heterocycles. The van der Waals surface area contributed by atoms with E-state index in [1.807, 2.05) is 18.3 Å². The van der Waals surface area contributed by atoms with Crippen molar-refractivity contribution < 1.29 is 9.47 Å². The van der Waals surface area contributed by atoms with Gasteiger partial charge in [-0.2, -0.15) is 5.10 Å². The Hall–Kier alpha value is -2.03. The van der Waals surface area contributed by atoms with E-state index in [0.717, 1.165) is 60.0 Å². The predicted molar refractivity (Wildman–Crippen MR) is 96.7 cm³/mol. The minimum atomic E-state index is 0.649. The summed E-state index contributed by atoms with van der Waals surface area (Å²) in [6.07, 6.45) is 7.18. The molecule has 8 heteroatoms. The number of morpholine rings is 1. The van der Waals surface area contributed by atoms with Gasteiger partial charge in [-0.1, -0.05) is 0 Å². The van der Waals surface area contributed by atoms with Crippen LogP contribution in [0.3, 0.4) is 0 Å². The third-order valence-electron chi connectivity index (χ3n) is 4.13. The Kier molecular flexibility index (Phi) is 4.91. The van der Waals surface area contributed by atoms with Gasteiger partial charge in [-0.05, 0) is 28.1 Å². The van der Waals surface area contributed by atoms with E-state index in [-0.39, 0.29) is 0 Å². The topological polar surface area (TPSA) is 64.8 Å². The zero-order valence-corrected chi connectivity index (χ0v) is 15.2. The minimum Gasteiger partial charge on any atom is -0.491 e. The average molecular weight is 404 g/mol. The fourth-order valence-electron chi connectivity index (χ4n) is 2.73. The van der Waals surface area contributed by atoms with Gasteiger partial charge in [-0.3, -0.25) is 9.88 Å². The quantitative estimate of drug-likeness (QED) is 0.650. The molecule has 4 rings (SSSR count). The van der Waals surface area contributed by atoms with Crippen LogP contribution in [0.1, 0.15) is 0 Å². The lowest BCUT2D eigenvalue weighted by Crippen LogP contribution is -2.38. The summed E-state index contributed by atoms with van der Waals surface area (Å²) in [6.45, 7) is 5.11. The highest BCUT2D eigenvalue weighted by molar-refractivity contribution is 9.10. The maximum absolute atomic E-state index is 5.79. The van der Waals surface area contributed by atoms with Crippen LogP contribution in [0.2, 0.25) is 0 Å². The largest absolute Gasteiger partial charge is 0.491 e. The minimum absolute atomic E-state index is 0.649. The van der Waals surface area contributed by atoms with Gasteiger partial charge in [-0.25, -0.2) is 9.50 Å². The molecule has 130 valence electrons. The van der Waals surface area contributed by atoms with Crippen molar-refractivity contribution >= 4 is 21.6 Å². The summed E-state index contributed by atoms with van der Waals surface area (Å²) in [5, 5.41) is 4.25. The zero-order valence-electron chi connectivity index (χ0n) is 13.6. The monoisotopic (exact) mass is 403 g/mol. The maximum atomic E-state index is 5.79. The first-order valence-electron chi connectivity index (χ1n) is 8.18. The lowest BCUT2D eigenvalue weighted by molar-refractivity contribution is 0.0322. The number of halogens is 1. The lowest BCUT2D eigenvalue weighted by Gasteiger charge is -2.26. The molecule has 1 saturated heterocycles. The van der Waals surface area contributed by atoms with Gasteiger partial charge in [0.05, 0.1) is 35.8 Å². The summed E-state index contributed by atoms with van der Waals surface area (Å²) in [6, 6.07) is 3.87. The number of nitrogens with zero attached hydrogens (tertiary/aromatic N) is 5. The molecule has 7 nitrogen and oxygen atoms in total. The molecule has 25 heavy (non-hydrogen) atoms. The van der Waals surface area contributed by atoms with Crippen LogP contribution in [0.15, 0.2) is 41.4 Å². The van der Waals surface area contributed by atoms with Crippen LogP contribution in [-0.2, 0) is 4.74 Å². The number of hydrogen-bond donors (Lipinski definition) is 0. The molecule has 0 saturated carbocycles. The van der Waals surface area contributed by atoms with Crippen molar-refractivity contribution in [2.24, 2.45) is 0 Å². The Morgan fingerprint density at radius 3 is 2.80 bits per heavy atom. The molecule has 0 N–H and O–H groups in total. The number of pyridine rings is 1. The van der Waals surface area contributed by atoms with Gasteiger partial charge in [0, 0.05) is 37.6 Å². The van der Waals surface area contributed by atoms with Crippen molar-refractivity contribution in [3.8, 4) is 17.0 Å². The Morgan fingerprint density at radius 1 is 1.12 bits per heavy atom. The van der Waals surface area contributed by atoms with Gasteiger partial charge in [0.25, 0.3) is 0 Å². The highest BCUT2D eigenvalue weighted by Crippen LogP contribution is 2.21. The van der Waals surface area contributed by atoms with Crippen molar-refractivity contribution in [1.29, 1.82) is 0 Å². The van der Waals surface area contributed by atoms with Crippen molar-refractivity contribution in [2.75, 3.05) is 39.5 Å². The fourth-order valence-corrected chi connectivity index (χ4v) is 3.11. The molecule has 0 spiro atoms. The number of fused-ring (bicyclic) bond motifs is 1. The normalized spacial score (nSPS) is 15.6. The first-order chi connectivity index (χ1) is 12.3. The molecule has 0 radical (unpaired) electrons. The van der Waals surface area contributed by atoms with E-state index in [9.17, 15) is 0 Å². The maximum Gasteiger partial charge on any atom is 0.169 e. The van der Waals surface area contributed by atoms with E-state index in [0.29, 0.717) is 6.61 Å². The van der Waals surface area contributed by atoms with Crippen molar-refractivity contribution in [2.45, 2.75) is 0 Å². The smallest absolute Gasteiger partial charge is 0.169 e. The molecule has 1 aliphatic heterocycles. The Labute approximate surface area is 153 Å². The molecular formula is C17H18BrN5O2. The predicted octanol–water partition coefficient (Wildman–Crippen LogP) is 2.26. The lowest BCUT2D eigenvalue weighted by atomic mass is 10.2. The Bertz CT molecular complexity index is 846. The van der Waals surface area contributed by atoms with Crippen LogP contribution in [-0.4, -0.2) is 63.9 Å². The number of aromatic nitrogens is 4. The highest BCUT2D eigenvalue weighted by Gasteiger charge is 2.10. The van der Waals surface area contributed by atoms with E-state index in [1.54, 1.807) is 23.1 Å². The van der Waals surface area contributed by atoms with Gasteiger partial charge >= 0.3 is 0 Å². The molecule has 3 aromatic rings. The van der Waals surface area contributed by atoms with E-state index in [1.165, 1.54) is 0 Å². The molecule has 0 unspecified atom stereocenters. The molecule has 0 bridgehead atoms. The van der Waals surface area contributed by atoms with Gasteiger partial charge in [0.2, 0.25) is 0 Å². The van der Waals surface area contributed by atoms with Gasteiger partial charge in [-0.15, -0.1) is 0 Å². The van der Waals surface area contributed by atoms with Crippen LogP contribution < -0.4 is 4.74 Å². The zero-order chi connectivity index (χ0) is 17.1. The van der Waals surface area contributed by atoms with Crippen LogP contribution in [0.25, 0.3) is 16.9 Å². The summed E-state index contributed by atoms with van der Waals surface area (Å²) in [5.74, 6) is 0.771. The molecule has 1 aliphatic rings. The number of rotatable bonds is 5. The standard InChI is InChI=1S/C17H18BrN5O2/c18-15-11-21-23-12-13(9-20-17(15)23)16-2-1-14(10-19-16)25-8-5-22-3-6-24-7-4-22/h1-2,9-12H,3-8H2. The molecule has 0 aromatic carbocycles. The first-order valence-corrected chi connectivity index (χ1v) is 8.97. The molecule has 0 aliphatic carbocycles. The summed E-state index contributed by atoms with van der Waals surface area (Å²) < 4.78 is 13.7. The number of ether oxygens (including phenoxy) is 2. The van der Waals surface area contributed by atoms with Crippen LogP contribution in [0.5, 0.6) is 5.75 Å². The summed E-state index contributed by atoms with van der Waals surface area (Å²) >= 11 is 3.42. The first kappa shape index (κ1) is 16.4. The van der Waals surface area contributed by atoms with Gasteiger partial charge < -0.3 is 9.47 Å². The Balaban J connectivity index is 1.38. The van der Waals surface area contributed by atoms with Crippen LogP contribution >= 0.6 is 15.9 Å². The highest BCUT2D eigenvalue weighted by atomic mass is 79.9. The average Bonchev–Trinajstić information content (AvgIpc) is 3.04. The third kappa shape index (κ3) is 3.81. The molecule has 1 fully saturated rings. The molecular weight excluding hydrogens is 386 g/mol. The fraction of sp³-hybridized carbons (Fsp3) is 0.353. The van der Waals surface area contributed by atoms with Crippen molar-refractivity contribution in [1.82, 2.24) is 24.5 Å². The van der Waals surface area contributed by atoms with Gasteiger partial charge in [0.15, 0.2) is 5.65 Å². The van der Waals surface area contributed by atoms with E-state index < -0.39 is 0 Å². The third-order valence-corrected chi connectivity index (χ3v) is 4.68.